The number of amides is 1. The molecule has 1 atom stereocenters. The first kappa shape index (κ1) is 14.8. The van der Waals surface area contributed by atoms with Gasteiger partial charge in [-0.15, -0.1) is 0 Å². The van der Waals surface area contributed by atoms with Crippen LogP contribution in [0.4, 0.5) is 0 Å². The quantitative estimate of drug-likeness (QED) is 0.727. The van der Waals surface area contributed by atoms with Crippen LogP contribution in [0.25, 0.3) is 16.8 Å². The fourth-order valence-electron chi connectivity index (χ4n) is 3.26. The van der Waals surface area contributed by atoms with Crippen LogP contribution in [0.1, 0.15) is 31.5 Å². The SMILES string of the molecule is CC(=O)N1CCC[C@H](c2nc3ccc(-c4ccncc4)cn3n2)C1. The second-order valence-corrected chi connectivity index (χ2v) is 6.23. The summed E-state index contributed by atoms with van der Waals surface area (Å²) in [6.07, 6.45) is 7.59. The molecule has 1 fully saturated rings. The van der Waals surface area contributed by atoms with Crippen molar-refractivity contribution in [2.24, 2.45) is 0 Å². The van der Waals surface area contributed by atoms with E-state index < -0.39 is 0 Å². The van der Waals surface area contributed by atoms with Crippen LogP contribution in [0, 0.1) is 0 Å². The zero-order chi connectivity index (χ0) is 16.5. The minimum Gasteiger partial charge on any atom is -0.342 e. The average Bonchev–Trinajstić information content (AvgIpc) is 3.06. The van der Waals surface area contributed by atoms with Crippen molar-refractivity contribution < 1.29 is 4.79 Å². The number of aromatic nitrogens is 4. The van der Waals surface area contributed by atoms with Gasteiger partial charge in [0.15, 0.2) is 11.5 Å². The van der Waals surface area contributed by atoms with E-state index in [9.17, 15) is 4.79 Å². The summed E-state index contributed by atoms with van der Waals surface area (Å²) in [6, 6.07) is 7.99. The maximum Gasteiger partial charge on any atom is 0.219 e. The zero-order valence-corrected chi connectivity index (χ0v) is 13.6. The Morgan fingerprint density at radius 3 is 2.79 bits per heavy atom. The first-order valence-electron chi connectivity index (χ1n) is 8.23. The summed E-state index contributed by atoms with van der Waals surface area (Å²) in [5, 5.41) is 4.67. The molecule has 0 bridgehead atoms. The van der Waals surface area contributed by atoms with Crippen molar-refractivity contribution in [1.82, 2.24) is 24.5 Å². The molecular formula is C18H19N5O. The molecule has 24 heavy (non-hydrogen) atoms. The van der Waals surface area contributed by atoms with E-state index >= 15 is 0 Å². The molecule has 6 heteroatoms. The minimum absolute atomic E-state index is 0.128. The van der Waals surface area contributed by atoms with Crippen molar-refractivity contribution >= 4 is 11.6 Å². The Morgan fingerprint density at radius 1 is 1.17 bits per heavy atom. The molecule has 0 saturated carbocycles. The Labute approximate surface area is 140 Å². The molecule has 1 amide bonds. The highest BCUT2D eigenvalue weighted by atomic mass is 16.2. The van der Waals surface area contributed by atoms with Crippen LogP contribution in [-0.2, 0) is 4.79 Å². The number of fused-ring (bicyclic) bond motifs is 1. The average molecular weight is 321 g/mol. The Hall–Kier alpha value is -2.76. The molecule has 122 valence electrons. The van der Waals surface area contributed by atoms with Crippen LogP contribution < -0.4 is 0 Å². The van der Waals surface area contributed by atoms with Crippen molar-refractivity contribution in [2.75, 3.05) is 13.1 Å². The van der Waals surface area contributed by atoms with Gasteiger partial charge in [0.2, 0.25) is 5.91 Å². The third-order valence-electron chi connectivity index (χ3n) is 4.59. The predicted molar refractivity (Wildman–Crippen MR) is 90.4 cm³/mol. The molecule has 0 radical (unpaired) electrons. The van der Waals surface area contributed by atoms with Crippen molar-refractivity contribution in [2.45, 2.75) is 25.7 Å². The van der Waals surface area contributed by atoms with E-state index in [1.807, 2.05) is 39.9 Å². The highest BCUT2D eigenvalue weighted by Gasteiger charge is 2.25. The summed E-state index contributed by atoms with van der Waals surface area (Å²) in [6.45, 7) is 3.18. The molecule has 0 N–H and O–H groups in total. The van der Waals surface area contributed by atoms with E-state index in [0.29, 0.717) is 6.54 Å². The largest absolute Gasteiger partial charge is 0.342 e. The van der Waals surface area contributed by atoms with Crippen LogP contribution in [-0.4, -0.2) is 43.5 Å². The molecule has 4 heterocycles. The third kappa shape index (κ3) is 2.75. The zero-order valence-electron chi connectivity index (χ0n) is 13.6. The van der Waals surface area contributed by atoms with Gasteiger partial charge in [-0.25, -0.2) is 9.50 Å². The Bertz CT molecular complexity index is 874. The van der Waals surface area contributed by atoms with Crippen LogP contribution in [0.15, 0.2) is 42.9 Å². The lowest BCUT2D eigenvalue weighted by Crippen LogP contribution is -2.37. The van der Waals surface area contributed by atoms with Gasteiger partial charge >= 0.3 is 0 Å². The number of nitrogens with zero attached hydrogens (tertiary/aromatic N) is 5. The fraction of sp³-hybridized carbons (Fsp3) is 0.333. The first-order chi connectivity index (χ1) is 11.7. The van der Waals surface area contributed by atoms with Crippen molar-refractivity contribution in [3.8, 4) is 11.1 Å². The van der Waals surface area contributed by atoms with Gasteiger partial charge in [0.05, 0.1) is 0 Å². The van der Waals surface area contributed by atoms with Crippen molar-refractivity contribution in [3.63, 3.8) is 0 Å². The number of likely N-dealkylation sites (tertiary alicyclic amines) is 1. The standard InChI is InChI=1S/C18H19N5O/c1-13(24)22-10-2-3-16(11-22)18-20-17-5-4-15(12-23(17)21-18)14-6-8-19-9-7-14/h4-9,12,16H,2-3,10-11H2,1H3/t16-/m0/s1. The lowest BCUT2D eigenvalue weighted by atomic mass is 9.97. The summed E-state index contributed by atoms with van der Waals surface area (Å²) in [4.78, 5) is 22.2. The van der Waals surface area contributed by atoms with Crippen molar-refractivity contribution in [3.05, 3.63) is 48.7 Å². The summed E-state index contributed by atoms with van der Waals surface area (Å²) in [5.74, 6) is 1.17. The van der Waals surface area contributed by atoms with Gasteiger partial charge in [-0.2, -0.15) is 5.10 Å². The van der Waals surface area contributed by atoms with Gasteiger partial charge in [0.25, 0.3) is 0 Å². The maximum atomic E-state index is 11.6. The summed E-state index contributed by atoms with van der Waals surface area (Å²) in [7, 11) is 0. The van der Waals surface area contributed by atoms with Crippen LogP contribution in [0.2, 0.25) is 0 Å². The van der Waals surface area contributed by atoms with E-state index in [-0.39, 0.29) is 11.8 Å². The second kappa shape index (κ2) is 6.03. The number of carbonyl (C=O) groups is 1. The number of hydrogen-bond acceptors (Lipinski definition) is 4. The Morgan fingerprint density at radius 2 is 2.00 bits per heavy atom. The number of pyridine rings is 2. The van der Waals surface area contributed by atoms with E-state index in [2.05, 4.69) is 15.1 Å². The number of hydrogen-bond donors (Lipinski definition) is 0. The molecule has 4 rings (SSSR count). The van der Waals surface area contributed by atoms with Gasteiger partial charge in [-0.05, 0) is 42.7 Å². The molecule has 3 aromatic heterocycles. The molecule has 1 saturated heterocycles. The molecule has 6 nitrogen and oxygen atoms in total. The topological polar surface area (TPSA) is 63.4 Å². The fourth-order valence-corrected chi connectivity index (χ4v) is 3.26. The van der Waals surface area contributed by atoms with Gasteiger partial charge in [0.1, 0.15) is 0 Å². The third-order valence-corrected chi connectivity index (χ3v) is 4.59. The molecule has 1 aliphatic rings. The van der Waals surface area contributed by atoms with E-state index in [4.69, 9.17) is 0 Å². The molecule has 0 unspecified atom stereocenters. The number of piperidine rings is 1. The van der Waals surface area contributed by atoms with Gasteiger partial charge < -0.3 is 4.90 Å². The first-order valence-corrected chi connectivity index (χ1v) is 8.23. The lowest BCUT2D eigenvalue weighted by Gasteiger charge is -2.30. The molecule has 3 aromatic rings. The smallest absolute Gasteiger partial charge is 0.219 e. The van der Waals surface area contributed by atoms with Gasteiger partial charge in [-0.3, -0.25) is 9.78 Å². The normalized spacial score (nSPS) is 18.0. The van der Waals surface area contributed by atoms with Gasteiger partial charge in [0, 0.05) is 50.1 Å². The van der Waals surface area contributed by atoms with E-state index in [1.165, 1.54) is 0 Å². The van der Waals surface area contributed by atoms with Crippen LogP contribution >= 0.6 is 0 Å². The highest BCUT2D eigenvalue weighted by molar-refractivity contribution is 5.73. The lowest BCUT2D eigenvalue weighted by molar-refractivity contribution is -0.130. The van der Waals surface area contributed by atoms with E-state index in [0.717, 1.165) is 42.0 Å². The highest BCUT2D eigenvalue weighted by Crippen LogP contribution is 2.26. The molecule has 0 spiro atoms. The second-order valence-electron chi connectivity index (χ2n) is 6.23. The number of carbonyl (C=O) groups excluding carboxylic acids is 1. The Balaban J connectivity index is 1.65. The summed E-state index contributed by atoms with van der Waals surface area (Å²) in [5.41, 5.74) is 3.02. The molecular weight excluding hydrogens is 302 g/mol. The Kier molecular flexibility index (Phi) is 3.72. The molecule has 0 aromatic carbocycles. The minimum atomic E-state index is 0.128. The van der Waals surface area contributed by atoms with Crippen LogP contribution in [0.5, 0.6) is 0 Å². The molecule has 0 aliphatic carbocycles. The molecule has 1 aliphatic heterocycles. The monoisotopic (exact) mass is 321 g/mol. The van der Waals surface area contributed by atoms with Gasteiger partial charge in [-0.1, -0.05) is 0 Å². The summed E-state index contributed by atoms with van der Waals surface area (Å²) < 4.78 is 1.83. The van der Waals surface area contributed by atoms with E-state index in [1.54, 1.807) is 19.3 Å². The summed E-state index contributed by atoms with van der Waals surface area (Å²) >= 11 is 0. The van der Waals surface area contributed by atoms with Crippen molar-refractivity contribution in [1.29, 1.82) is 0 Å². The maximum absolute atomic E-state index is 11.6. The number of rotatable bonds is 2. The van der Waals surface area contributed by atoms with Crippen LogP contribution in [0.3, 0.4) is 0 Å². The predicted octanol–water partition coefficient (Wildman–Crippen LogP) is 2.52.